The molecule has 1 aromatic heterocycles. The molecule has 0 unspecified atom stereocenters. The second kappa shape index (κ2) is 6.37. The number of esters is 1. The summed E-state index contributed by atoms with van der Waals surface area (Å²) in [6, 6.07) is 10.1. The average molecular weight is 272 g/mol. The molecule has 1 heterocycles. The number of aromatic nitrogens is 1. The van der Waals surface area contributed by atoms with E-state index in [-0.39, 0.29) is 18.6 Å². The Hall–Kier alpha value is -2.10. The summed E-state index contributed by atoms with van der Waals surface area (Å²) in [7, 11) is 0. The second-order valence-corrected chi connectivity index (χ2v) is 4.87. The molecule has 0 aliphatic heterocycles. The fourth-order valence-electron chi connectivity index (χ4n) is 2.22. The molecule has 0 spiro atoms. The molecule has 0 fully saturated rings. The molecule has 0 amide bonds. The first-order valence-electron chi connectivity index (χ1n) is 6.89. The van der Waals surface area contributed by atoms with Crippen molar-refractivity contribution in [3.63, 3.8) is 0 Å². The molecule has 106 valence electrons. The molecule has 0 N–H and O–H groups in total. The van der Waals surface area contributed by atoms with E-state index in [0.29, 0.717) is 6.61 Å². The normalized spacial score (nSPS) is 10.8. The van der Waals surface area contributed by atoms with Gasteiger partial charge in [0.2, 0.25) is 0 Å². The van der Waals surface area contributed by atoms with Crippen molar-refractivity contribution < 1.29 is 9.53 Å². The van der Waals surface area contributed by atoms with E-state index in [0.717, 1.165) is 16.6 Å². The predicted octanol–water partition coefficient (Wildman–Crippen LogP) is 3.01. The minimum absolute atomic E-state index is 0.199. The van der Waals surface area contributed by atoms with Crippen LogP contribution in [0.1, 0.15) is 20.8 Å². The number of benzene rings is 1. The van der Waals surface area contributed by atoms with Crippen LogP contribution < -0.4 is 4.90 Å². The highest BCUT2D eigenvalue weighted by atomic mass is 16.5. The highest BCUT2D eigenvalue weighted by Crippen LogP contribution is 2.26. The van der Waals surface area contributed by atoms with E-state index in [1.54, 1.807) is 6.20 Å². The number of carbonyl (C=O) groups is 1. The number of carbonyl (C=O) groups excluding carboxylic acids is 1. The third kappa shape index (κ3) is 3.07. The first-order valence-corrected chi connectivity index (χ1v) is 6.89. The van der Waals surface area contributed by atoms with Crippen LogP contribution in [0.5, 0.6) is 0 Å². The lowest BCUT2D eigenvalue weighted by molar-refractivity contribution is -0.141. The molecule has 20 heavy (non-hydrogen) atoms. The van der Waals surface area contributed by atoms with Crippen LogP contribution in [0.15, 0.2) is 36.5 Å². The summed E-state index contributed by atoms with van der Waals surface area (Å²) in [5.74, 6) is -0.206. The van der Waals surface area contributed by atoms with Gasteiger partial charge in [-0.15, -0.1) is 0 Å². The van der Waals surface area contributed by atoms with E-state index < -0.39 is 0 Å². The Bertz CT molecular complexity index is 591. The Balaban J connectivity index is 2.39. The van der Waals surface area contributed by atoms with Crippen molar-refractivity contribution in [3.05, 3.63) is 36.5 Å². The number of hydrogen-bond donors (Lipinski definition) is 0. The summed E-state index contributed by atoms with van der Waals surface area (Å²) >= 11 is 0. The first-order chi connectivity index (χ1) is 9.63. The van der Waals surface area contributed by atoms with Crippen molar-refractivity contribution in [2.24, 2.45) is 0 Å². The van der Waals surface area contributed by atoms with E-state index >= 15 is 0 Å². The largest absolute Gasteiger partial charge is 0.465 e. The van der Waals surface area contributed by atoms with E-state index in [4.69, 9.17) is 4.74 Å². The highest BCUT2D eigenvalue weighted by molar-refractivity contribution is 5.93. The molecule has 2 aromatic rings. The van der Waals surface area contributed by atoms with Crippen molar-refractivity contribution >= 4 is 22.6 Å². The van der Waals surface area contributed by atoms with Gasteiger partial charge < -0.3 is 9.64 Å². The van der Waals surface area contributed by atoms with Crippen LogP contribution in [0.2, 0.25) is 0 Å². The van der Waals surface area contributed by atoms with E-state index in [9.17, 15) is 4.79 Å². The molecule has 4 heteroatoms. The van der Waals surface area contributed by atoms with Crippen molar-refractivity contribution in [1.82, 2.24) is 4.98 Å². The number of para-hydroxylation sites is 1. The first kappa shape index (κ1) is 14.3. The standard InChI is InChI=1S/C16H20N2O2/c1-4-20-16(19)11-18(12(2)3)15-9-10-17-14-8-6-5-7-13(14)15/h5-10,12H,4,11H2,1-3H3. The van der Waals surface area contributed by atoms with Gasteiger partial charge in [-0.2, -0.15) is 0 Å². The van der Waals surface area contributed by atoms with Gasteiger partial charge >= 0.3 is 5.97 Å². The Labute approximate surface area is 119 Å². The van der Waals surface area contributed by atoms with Crippen LogP contribution >= 0.6 is 0 Å². The van der Waals surface area contributed by atoms with Crippen LogP contribution in [0.25, 0.3) is 10.9 Å². The molecule has 0 saturated heterocycles. The third-order valence-electron chi connectivity index (χ3n) is 3.16. The molecule has 0 saturated carbocycles. The Morgan fingerprint density at radius 1 is 1.30 bits per heavy atom. The highest BCUT2D eigenvalue weighted by Gasteiger charge is 2.17. The van der Waals surface area contributed by atoms with E-state index in [2.05, 4.69) is 18.8 Å². The van der Waals surface area contributed by atoms with Crippen molar-refractivity contribution in [2.45, 2.75) is 26.8 Å². The zero-order valence-corrected chi connectivity index (χ0v) is 12.2. The van der Waals surface area contributed by atoms with Crippen LogP contribution in [0, 0.1) is 0 Å². The smallest absolute Gasteiger partial charge is 0.325 e. The number of fused-ring (bicyclic) bond motifs is 1. The summed E-state index contributed by atoms with van der Waals surface area (Å²) in [4.78, 5) is 18.2. The number of pyridine rings is 1. The number of rotatable bonds is 5. The van der Waals surface area contributed by atoms with Crippen molar-refractivity contribution in [2.75, 3.05) is 18.1 Å². The maximum Gasteiger partial charge on any atom is 0.325 e. The fourth-order valence-corrected chi connectivity index (χ4v) is 2.22. The Morgan fingerprint density at radius 3 is 2.75 bits per heavy atom. The lowest BCUT2D eigenvalue weighted by atomic mass is 10.1. The quantitative estimate of drug-likeness (QED) is 0.785. The maximum absolute atomic E-state index is 11.8. The number of hydrogen-bond acceptors (Lipinski definition) is 4. The maximum atomic E-state index is 11.8. The van der Waals surface area contributed by atoms with E-state index in [1.807, 2.05) is 42.2 Å². The van der Waals surface area contributed by atoms with Gasteiger partial charge in [0, 0.05) is 23.3 Å². The number of nitrogens with zero attached hydrogens (tertiary/aromatic N) is 2. The molecule has 4 nitrogen and oxygen atoms in total. The lowest BCUT2D eigenvalue weighted by Gasteiger charge is -2.28. The van der Waals surface area contributed by atoms with Gasteiger partial charge in [0.25, 0.3) is 0 Å². The van der Waals surface area contributed by atoms with Crippen LogP contribution in [0.3, 0.4) is 0 Å². The molecule has 0 bridgehead atoms. The summed E-state index contributed by atoms with van der Waals surface area (Å²) in [5.41, 5.74) is 1.94. The summed E-state index contributed by atoms with van der Waals surface area (Å²) in [5, 5.41) is 1.05. The van der Waals surface area contributed by atoms with Gasteiger partial charge in [-0.05, 0) is 32.9 Å². The third-order valence-corrected chi connectivity index (χ3v) is 3.16. The Kier molecular flexibility index (Phi) is 4.56. The predicted molar refractivity (Wildman–Crippen MR) is 80.9 cm³/mol. The topological polar surface area (TPSA) is 42.4 Å². The molecule has 1 aromatic carbocycles. The fraction of sp³-hybridized carbons (Fsp3) is 0.375. The summed E-state index contributed by atoms with van der Waals surface area (Å²) < 4.78 is 5.06. The van der Waals surface area contributed by atoms with Crippen molar-refractivity contribution in [3.8, 4) is 0 Å². The van der Waals surface area contributed by atoms with Gasteiger partial charge in [0.05, 0.1) is 12.1 Å². The van der Waals surface area contributed by atoms with Gasteiger partial charge in [-0.3, -0.25) is 9.78 Å². The molecule has 0 aliphatic rings. The SMILES string of the molecule is CCOC(=O)CN(c1ccnc2ccccc12)C(C)C. The van der Waals surface area contributed by atoms with Gasteiger partial charge in [0.1, 0.15) is 6.54 Å². The molecular weight excluding hydrogens is 252 g/mol. The summed E-state index contributed by atoms with van der Waals surface area (Å²) in [6.07, 6.45) is 1.78. The van der Waals surface area contributed by atoms with Crippen molar-refractivity contribution in [1.29, 1.82) is 0 Å². The zero-order valence-electron chi connectivity index (χ0n) is 12.2. The second-order valence-electron chi connectivity index (χ2n) is 4.87. The van der Waals surface area contributed by atoms with Gasteiger partial charge in [-0.1, -0.05) is 18.2 Å². The monoisotopic (exact) mass is 272 g/mol. The van der Waals surface area contributed by atoms with Gasteiger partial charge in [-0.25, -0.2) is 0 Å². The van der Waals surface area contributed by atoms with Crippen LogP contribution in [-0.2, 0) is 9.53 Å². The van der Waals surface area contributed by atoms with E-state index in [1.165, 1.54) is 0 Å². The summed E-state index contributed by atoms with van der Waals surface area (Å²) in [6.45, 7) is 6.60. The average Bonchev–Trinajstić information content (AvgIpc) is 2.44. The molecule has 0 radical (unpaired) electrons. The molecule has 0 atom stereocenters. The van der Waals surface area contributed by atoms with Gasteiger partial charge in [0.15, 0.2) is 0 Å². The minimum Gasteiger partial charge on any atom is -0.465 e. The minimum atomic E-state index is -0.206. The van der Waals surface area contributed by atoms with Crippen LogP contribution in [0.4, 0.5) is 5.69 Å². The number of anilines is 1. The number of ether oxygens (including phenoxy) is 1. The molecule has 2 rings (SSSR count). The molecule has 0 aliphatic carbocycles. The van der Waals surface area contributed by atoms with Crippen LogP contribution in [-0.4, -0.2) is 30.1 Å². The Morgan fingerprint density at radius 2 is 2.05 bits per heavy atom. The molecular formula is C16H20N2O2. The lowest BCUT2D eigenvalue weighted by Crippen LogP contribution is -2.36. The zero-order chi connectivity index (χ0) is 14.5.